The molecule has 1 heterocycles. The highest BCUT2D eigenvalue weighted by Crippen LogP contribution is 2.45. The van der Waals surface area contributed by atoms with Crippen LogP contribution in [-0.4, -0.2) is 18.3 Å². The normalized spacial score (nSPS) is 21.2. The first-order chi connectivity index (χ1) is 10.6. The fourth-order valence-electron chi connectivity index (χ4n) is 2.51. The molecular formula is C17H16ClNO2S. The number of benzene rings is 2. The van der Waals surface area contributed by atoms with E-state index in [2.05, 4.69) is 0 Å². The van der Waals surface area contributed by atoms with Crippen LogP contribution in [0, 0.1) is 0 Å². The standard InChI is InChI=1S/C17H16ClNO2S/c1-11-16(20)19(14-5-3-4-13(18)10-14)17(22-11)12-6-8-15(21-2)9-7-12/h3-11,17H,1-2H3. The molecule has 0 aromatic heterocycles. The zero-order valence-electron chi connectivity index (χ0n) is 12.3. The molecule has 0 spiro atoms. The van der Waals surface area contributed by atoms with Gasteiger partial charge in [0.05, 0.1) is 12.4 Å². The number of carbonyl (C=O) groups excluding carboxylic acids is 1. The van der Waals surface area contributed by atoms with E-state index >= 15 is 0 Å². The Hall–Kier alpha value is -1.65. The molecule has 1 fully saturated rings. The van der Waals surface area contributed by atoms with Crippen molar-refractivity contribution in [2.45, 2.75) is 17.5 Å². The second kappa shape index (κ2) is 6.23. The van der Waals surface area contributed by atoms with Gasteiger partial charge in [-0.1, -0.05) is 29.8 Å². The van der Waals surface area contributed by atoms with Gasteiger partial charge in [0.15, 0.2) is 0 Å². The van der Waals surface area contributed by atoms with E-state index < -0.39 is 0 Å². The van der Waals surface area contributed by atoms with E-state index in [1.54, 1.807) is 18.9 Å². The highest BCUT2D eigenvalue weighted by Gasteiger charge is 2.39. The van der Waals surface area contributed by atoms with E-state index in [0.29, 0.717) is 5.02 Å². The molecule has 0 radical (unpaired) electrons. The Morgan fingerprint density at radius 3 is 2.55 bits per heavy atom. The topological polar surface area (TPSA) is 29.5 Å². The maximum absolute atomic E-state index is 12.6. The van der Waals surface area contributed by atoms with Gasteiger partial charge in [-0.05, 0) is 42.8 Å². The van der Waals surface area contributed by atoms with Crippen LogP contribution < -0.4 is 9.64 Å². The summed E-state index contributed by atoms with van der Waals surface area (Å²) in [4.78, 5) is 14.4. The molecule has 2 aromatic carbocycles. The van der Waals surface area contributed by atoms with Gasteiger partial charge < -0.3 is 4.74 Å². The molecule has 2 aromatic rings. The minimum atomic E-state index is -0.0777. The first-order valence-corrected chi connectivity index (χ1v) is 8.30. The molecule has 0 saturated carbocycles. The van der Waals surface area contributed by atoms with Crippen molar-refractivity contribution in [1.29, 1.82) is 0 Å². The predicted molar refractivity (Wildman–Crippen MR) is 91.7 cm³/mol. The quantitative estimate of drug-likeness (QED) is 0.827. The molecule has 3 rings (SSSR count). The summed E-state index contributed by atoms with van der Waals surface area (Å²) in [7, 11) is 1.64. The van der Waals surface area contributed by atoms with E-state index in [9.17, 15) is 4.79 Å². The molecule has 2 atom stereocenters. The smallest absolute Gasteiger partial charge is 0.241 e. The molecule has 0 N–H and O–H groups in total. The van der Waals surface area contributed by atoms with Crippen LogP contribution in [0.15, 0.2) is 48.5 Å². The van der Waals surface area contributed by atoms with Crippen molar-refractivity contribution < 1.29 is 9.53 Å². The summed E-state index contributed by atoms with van der Waals surface area (Å²) in [6.45, 7) is 1.94. The van der Waals surface area contributed by atoms with Gasteiger partial charge in [0, 0.05) is 10.7 Å². The van der Waals surface area contributed by atoms with Gasteiger partial charge in [0.25, 0.3) is 0 Å². The summed E-state index contributed by atoms with van der Waals surface area (Å²) in [5.41, 5.74) is 1.90. The number of carbonyl (C=O) groups is 1. The molecule has 1 aliphatic heterocycles. The second-order valence-corrected chi connectivity index (χ2v) is 6.95. The van der Waals surface area contributed by atoms with Crippen LogP contribution in [0.4, 0.5) is 5.69 Å². The molecule has 1 aliphatic rings. The van der Waals surface area contributed by atoms with Gasteiger partial charge in [-0.25, -0.2) is 0 Å². The number of amides is 1. The van der Waals surface area contributed by atoms with E-state index in [-0.39, 0.29) is 16.5 Å². The zero-order valence-corrected chi connectivity index (χ0v) is 13.9. The van der Waals surface area contributed by atoms with Gasteiger partial charge in [0.1, 0.15) is 11.1 Å². The number of nitrogens with zero attached hydrogens (tertiary/aromatic N) is 1. The molecule has 0 aliphatic carbocycles. The largest absolute Gasteiger partial charge is 0.497 e. The van der Waals surface area contributed by atoms with Gasteiger partial charge in [-0.15, -0.1) is 11.8 Å². The third-order valence-corrected chi connectivity index (χ3v) is 5.23. The maximum Gasteiger partial charge on any atom is 0.241 e. The molecule has 5 heteroatoms. The fourth-order valence-corrected chi connectivity index (χ4v) is 3.97. The lowest BCUT2D eigenvalue weighted by Gasteiger charge is -2.24. The van der Waals surface area contributed by atoms with Gasteiger partial charge in [-0.3, -0.25) is 9.69 Å². The molecular weight excluding hydrogens is 318 g/mol. The van der Waals surface area contributed by atoms with Gasteiger partial charge in [-0.2, -0.15) is 0 Å². The Bertz CT molecular complexity index is 689. The third-order valence-electron chi connectivity index (χ3n) is 3.64. The van der Waals surface area contributed by atoms with Gasteiger partial charge >= 0.3 is 0 Å². The lowest BCUT2D eigenvalue weighted by molar-refractivity contribution is -0.117. The number of thioether (sulfide) groups is 1. The van der Waals surface area contributed by atoms with Crippen molar-refractivity contribution in [3.05, 3.63) is 59.1 Å². The Kier molecular flexibility index (Phi) is 4.32. The van der Waals surface area contributed by atoms with E-state index in [1.165, 1.54) is 0 Å². The van der Waals surface area contributed by atoms with Crippen LogP contribution in [0.3, 0.4) is 0 Å². The SMILES string of the molecule is COc1ccc(C2SC(C)C(=O)N2c2cccc(Cl)c2)cc1. The van der Waals surface area contributed by atoms with E-state index in [1.807, 2.05) is 60.4 Å². The summed E-state index contributed by atoms with van der Waals surface area (Å²) < 4.78 is 5.20. The van der Waals surface area contributed by atoms with Crippen molar-refractivity contribution in [2.75, 3.05) is 12.0 Å². The molecule has 2 unspecified atom stereocenters. The minimum absolute atomic E-state index is 0.0492. The number of hydrogen-bond donors (Lipinski definition) is 0. The van der Waals surface area contributed by atoms with Crippen molar-refractivity contribution in [3.8, 4) is 5.75 Å². The fraction of sp³-hybridized carbons (Fsp3) is 0.235. The Labute approximate surface area is 139 Å². The molecule has 1 saturated heterocycles. The Balaban J connectivity index is 1.99. The van der Waals surface area contributed by atoms with Crippen molar-refractivity contribution >= 4 is 35.0 Å². The number of anilines is 1. The number of halogens is 1. The summed E-state index contributed by atoms with van der Waals surface area (Å²) in [5.74, 6) is 0.911. The third kappa shape index (κ3) is 2.81. The highest BCUT2D eigenvalue weighted by atomic mass is 35.5. The minimum Gasteiger partial charge on any atom is -0.497 e. The van der Waals surface area contributed by atoms with Gasteiger partial charge in [0.2, 0.25) is 5.91 Å². The molecule has 3 nitrogen and oxygen atoms in total. The average molecular weight is 334 g/mol. The lowest BCUT2D eigenvalue weighted by Crippen LogP contribution is -2.30. The molecule has 1 amide bonds. The number of hydrogen-bond acceptors (Lipinski definition) is 3. The average Bonchev–Trinajstić information content (AvgIpc) is 2.83. The number of ether oxygens (including phenoxy) is 1. The van der Waals surface area contributed by atoms with Crippen LogP contribution in [0.1, 0.15) is 17.9 Å². The monoisotopic (exact) mass is 333 g/mol. The zero-order chi connectivity index (χ0) is 15.7. The van der Waals surface area contributed by atoms with Crippen LogP contribution in [-0.2, 0) is 4.79 Å². The number of methoxy groups -OCH3 is 1. The summed E-state index contributed by atoms with van der Waals surface area (Å²) in [5, 5.41) is 0.501. The van der Waals surface area contributed by atoms with Crippen LogP contribution in [0.2, 0.25) is 5.02 Å². The van der Waals surface area contributed by atoms with Crippen molar-refractivity contribution in [1.82, 2.24) is 0 Å². The highest BCUT2D eigenvalue weighted by molar-refractivity contribution is 8.01. The summed E-state index contributed by atoms with van der Waals surface area (Å²) in [6.07, 6.45) is 0. The summed E-state index contributed by atoms with van der Waals surface area (Å²) in [6, 6.07) is 15.2. The van der Waals surface area contributed by atoms with E-state index in [0.717, 1.165) is 17.0 Å². The van der Waals surface area contributed by atoms with Crippen LogP contribution in [0.5, 0.6) is 5.75 Å². The molecule has 22 heavy (non-hydrogen) atoms. The van der Waals surface area contributed by atoms with Crippen LogP contribution >= 0.6 is 23.4 Å². The Morgan fingerprint density at radius 1 is 1.18 bits per heavy atom. The Morgan fingerprint density at radius 2 is 1.91 bits per heavy atom. The number of rotatable bonds is 3. The first kappa shape index (κ1) is 15.3. The predicted octanol–water partition coefficient (Wildman–Crippen LogP) is 4.52. The molecule has 114 valence electrons. The molecule has 0 bridgehead atoms. The lowest BCUT2D eigenvalue weighted by atomic mass is 10.1. The van der Waals surface area contributed by atoms with Crippen molar-refractivity contribution in [2.24, 2.45) is 0 Å². The van der Waals surface area contributed by atoms with E-state index in [4.69, 9.17) is 16.3 Å². The maximum atomic E-state index is 12.6. The van der Waals surface area contributed by atoms with Crippen LogP contribution in [0.25, 0.3) is 0 Å². The summed E-state index contributed by atoms with van der Waals surface area (Å²) >= 11 is 7.72. The van der Waals surface area contributed by atoms with Crippen molar-refractivity contribution in [3.63, 3.8) is 0 Å². The first-order valence-electron chi connectivity index (χ1n) is 6.98. The second-order valence-electron chi connectivity index (χ2n) is 5.09.